The lowest BCUT2D eigenvalue weighted by atomic mass is 10.1. The summed E-state index contributed by atoms with van der Waals surface area (Å²) >= 11 is 0. The van der Waals surface area contributed by atoms with Crippen molar-refractivity contribution >= 4 is 22.8 Å². The van der Waals surface area contributed by atoms with E-state index in [-0.39, 0.29) is 5.91 Å². The Hall–Kier alpha value is -3.54. The minimum atomic E-state index is 0.0502. The van der Waals surface area contributed by atoms with Crippen LogP contribution in [-0.4, -0.2) is 46.5 Å². The molecule has 30 heavy (non-hydrogen) atoms. The summed E-state index contributed by atoms with van der Waals surface area (Å²) in [6.07, 6.45) is 3.48. The van der Waals surface area contributed by atoms with Crippen molar-refractivity contribution in [3.05, 3.63) is 83.9 Å². The molecule has 3 aromatic heterocycles. The monoisotopic (exact) mass is 400 g/mol. The average molecular weight is 400 g/mol. The minimum Gasteiger partial charge on any atom is -0.463 e. The van der Waals surface area contributed by atoms with Crippen LogP contribution >= 0.6 is 0 Å². The first-order valence-corrected chi connectivity index (χ1v) is 10.3. The van der Waals surface area contributed by atoms with E-state index in [0.29, 0.717) is 25.3 Å². The summed E-state index contributed by atoms with van der Waals surface area (Å²) in [5.41, 5.74) is 4.76. The van der Waals surface area contributed by atoms with E-state index in [1.807, 2.05) is 35.2 Å². The number of nitrogens with zero attached hydrogens (tertiary/aromatic N) is 4. The third-order valence-corrected chi connectivity index (χ3v) is 5.74. The number of pyridine rings is 1. The molecule has 0 spiro atoms. The summed E-state index contributed by atoms with van der Waals surface area (Å²) in [4.78, 5) is 22.0. The number of aromatic nitrogens is 2. The molecule has 0 radical (unpaired) electrons. The van der Waals surface area contributed by atoms with Crippen LogP contribution in [0.25, 0.3) is 11.1 Å². The SMILES string of the molecule is Cc1ccc(Cn2c(C(=O)N3CCN(c4ccccn4)CC3)cc3occc32)cc1. The van der Waals surface area contributed by atoms with E-state index in [4.69, 9.17) is 4.42 Å². The van der Waals surface area contributed by atoms with E-state index in [0.717, 1.165) is 35.6 Å². The topological polar surface area (TPSA) is 54.5 Å². The largest absolute Gasteiger partial charge is 0.463 e. The van der Waals surface area contributed by atoms with Crippen molar-refractivity contribution in [2.75, 3.05) is 31.1 Å². The van der Waals surface area contributed by atoms with Crippen molar-refractivity contribution in [2.24, 2.45) is 0 Å². The van der Waals surface area contributed by atoms with Gasteiger partial charge in [-0.05, 0) is 24.6 Å². The van der Waals surface area contributed by atoms with Gasteiger partial charge in [-0.25, -0.2) is 4.98 Å². The van der Waals surface area contributed by atoms with Crippen molar-refractivity contribution in [1.82, 2.24) is 14.5 Å². The zero-order valence-corrected chi connectivity index (χ0v) is 17.0. The van der Waals surface area contributed by atoms with Gasteiger partial charge in [-0.1, -0.05) is 35.9 Å². The molecule has 0 bridgehead atoms. The number of anilines is 1. The third kappa shape index (κ3) is 3.45. The molecule has 1 aliphatic heterocycles. The highest BCUT2D eigenvalue weighted by molar-refractivity contribution is 5.97. The Labute approximate surface area is 175 Å². The van der Waals surface area contributed by atoms with E-state index in [9.17, 15) is 4.79 Å². The van der Waals surface area contributed by atoms with Crippen LogP contribution in [0.15, 0.2) is 71.5 Å². The van der Waals surface area contributed by atoms with Gasteiger partial charge < -0.3 is 18.8 Å². The van der Waals surface area contributed by atoms with Crippen LogP contribution in [0.1, 0.15) is 21.6 Å². The van der Waals surface area contributed by atoms with Crippen LogP contribution < -0.4 is 4.90 Å². The molecule has 0 saturated carbocycles. The van der Waals surface area contributed by atoms with Gasteiger partial charge in [0.05, 0.1) is 11.8 Å². The van der Waals surface area contributed by atoms with Crippen LogP contribution in [0.3, 0.4) is 0 Å². The van der Waals surface area contributed by atoms with Gasteiger partial charge in [0.2, 0.25) is 0 Å². The van der Waals surface area contributed by atoms with E-state index >= 15 is 0 Å². The van der Waals surface area contributed by atoms with Crippen LogP contribution in [0.5, 0.6) is 0 Å². The summed E-state index contributed by atoms with van der Waals surface area (Å²) in [6, 6.07) is 18.2. The fraction of sp³-hybridized carbons (Fsp3) is 0.250. The summed E-state index contributed by atoms with van der Waals surface area (Å²) in [6.45, 7) is 5.61. The highest BCUT2D eigenvalue weighted by Gasteiger charge is 2.26. The predicted molar refractivity (Wildman–Crippen MR) is 117 cm³/mol. The maximum absolute atomic E-state index is 13.4. The van der Waals surface area contributed by atoms with Gasteiger partial charge in [0.1, 0.15) is 11.5 Å². The summed E-state index contributed by atoms with van der Waals surface area (Å²) < 4.78 is 7.67. The molecule has 1 aliphatic rings. The Morgan fingerprint density at radius 3 is 2.57 bits per heavy atom. The van der Waals surface area contributed by atoms with Gasteiger partial charge in [0.25, 0.3) is 5.91 Å². The fourth-order valence-electron chi connectivity index (χ4n) is 4.04. The number of piperazine rings is 1. The molecule has 0 aliphatic carbocycles. The van der Waals surface area contributed by atoms with Gasteiger partial charge >= 0.3 is 0 Å². The minimum absolute atomic E-state index is 0.0502. The first kappa shape index (κ1) is 18.5. The summed E-state index contributed by atoms with van der Waals surface area (Å²) in [7, 11) is 0. The molecule has 6 heteroatoms. The second-order valence-electron chi connectivity index (χ2n) is 7.74. The molecule has 1 aromatic carbocycles. The van der Waals surface area contributed by atoms with Gasteiger partial charge in [-0.3, -0.25) is 4.79 Å². The number of rotatable bonds is 4. The number of benzene rings is 1. The number of carbonyl (C=O) groups is 1. The number of carbonyl (C=O) groups excluding carboxylic acids is 1. The molecule has 6 nitrogen and oxygen atoms in total. The molecule has 0 N–H and O–H groups in total. The molecule has 1 saturated heterocycles. The van der Waals surface area contributed by atoms with Crippen molar-refractivity contribution in [3.63, 3.8) is 0 Å². The van der Waals surface area contributed by atoms with Crippen molar-refractivity contribution < 1.29 is 9.21 Å². The van der Waals surface area contributed by atoms with Crippen molar-refractivity contribution in [3.8, 4) is 0 Å². The van der Waals surface area contributed by atoms with E-state index in [1.54, 1.807) is 12.5 Å². The molecule has 0 atom stereocenters. The zero-order valence-electron chi connectivity index (χ0n) is 17.0. The van der Waals surface area contributed by atoms with E-state index in [2.05, 4.69) is 45.6 Å². The molecular formula is C24H24N4O2. The normalized spacial score (nSPS) is 14.4. The summed E-state index contributed by atoms with van der Waals surface area (Å²) in [5.74, 6) is 1.01. The molecule has 0 unspecified atom stereocenters. The lowest BCUT2D eigenvalue weighted by molar-refractivity contribution is 0.0736. The maximum atomic E-state index is 13.4. The van der Waals surface area contributed by atoms with Crippen LogP contribution in [0, 0.1) is 6.92 Å². The molecule has 1 fully saturated rings. The van der Waals surface area contributed by atoms with Crippen molar-refractivity contribution in [1.29, 1.82) is 0 Å². The quantitative estimate of drug-likeness (QED) is 0.521. The second-order valence-corrected chi connectivity index (χ2v) is 7.74. The van der Waals surface area contributed by atoms with E-state index < -0.39 is 0 Å². The number of amides is 1. The van der Waals surface area contributed by atoms with Crippen LogP contribution in [0.4, 0.5) is 5.82 Å². The molecular weight excluding hydrogens is 376 g/mol. The van der Waals surface area contributed by atoms with Crippen LogP contribution in [-0.2, 0) is 6.54 Å². The number of hydrogen-bond donors (Lipinski definition) is 0. The van der Waals surface area contributed by atoms with Gasteiger partial charge in [-0.2, -0.15) is 0 Å². The molecule has 1 amide bonds. The van der Waals surface area contributed by atoms with Crippen molar-refractivity contribution in [2.45, 2.75) is 13.5 Å². The Morgan fingerprint density at radius 2 is 1.83 bits per heavy atom. The molecule has 152 valence electrons. The Kier molecular flexibility index (Phi) is 4.75. The highest BCUT2D eigenvalue weighted by Crippen LogP contribution is 2.24. The standard InChI is InChI=1S/C24H24N4O2/c1-18-5-7-19(8-6-18)17-28-20-9-15-30-22(20)16-21(28)24(29)27-13-11-26(12-14-27)23-4-2-3-10-25-23/h2-10,15-16H,11-14,17H2,1H3. The number of fused-ring (bicyclic) bond motifs is 1. The molecule has 5 rings (SSSR count). The Balaban J connectivity index is 1.37. The van der Waals surface area contributed by atoms with E-state index in [1.165, 1.54) is 5.56 Å². The van der Waals surface area contributed by atoms with Crippen LogP contribution in [0.2, 0.25) is 0 Å². The van der Waals surface area contributed by atoms with Gasteiger partial charge in [0, 0.05) is 51.1 Å². The number of aryl methyl sites for hydroxylation is 1. The predicted octanol–water partition coefficient (Wildman–Crippen LogP) is 3.95. The highest BCUT2D eigenvalue weighted by atomic mass is 16.3. The number of hydrogen-bond acceptors (Lipinski definition) is 4. The average Bonchev–Trinajstić information content (AvgIpc) is 3.38. The second kappa shape index (κ2) is 7.71. The Bertz CT molecular complexity index is 1150. The lowest BCUT2D eigenvalue weighted by Gasteiger charge is -2.35. The zero-order chi connectivity index (χ0) is 20.5. The van der Waals surface area contributed by atoms with Gasteiger partial charge in [0.15, 0.2) is 5.58 Å². The van der Waals surface area contributed by atoms with Gasteiger partial charge in [-0.15, -0.1) is 0 Å². The maximum Gasteiger partial charge on any atom is 0.270 e. The first-order chi connectivity index (χ1) is 14.7. The fourth-order valence-corrected chi connectivity index (χ4v) is 4.04. The third-order valence-electron chi connectivity index (χ3n) is 5.74. The Morgan fingerprint density at radius 1 is 1.03 bits per heavy atom. The molecule has 4 heterocycles. The summed E-state index contributed by atoms with van der Waals surface area (Å²) in [5, 5.41) is 0. The number of furan rings is 1. The molecule has 4 aromatic rings. The first-order valence-electron chi connectivity index (χ1n) is 10.3. The smallest absolute Gasteiger partial charge is 0.270 e. The lowest BCUT2D eigenvalue weighted by Crippen LogP contribution is -2.49.